The number of nitrogens with two attached hydrogens (primary N) is 2. The summed E-state index contributed by atoms with van der Waals surface area (Å²) in [6, 6.07) is 0. The quantitative estimate of drug-likeness (QED) is 0.798. The second kappa shape index (κ2) is 3.22. The predicted octanol–water partition coefficient (Wildman–Crippen LogP) is 2.28. The van der Waals surface area contributed by atoms with Crippen molar-refractivity contribution in [3.63, 3.8) is 0 Å². The highest BCUT2D eigenvalue weighted by Gasteiger charge is 2.53. The molecule has 0 spiro atoms. The third kappa shape index (κ3) is 1.24. The summed E-state index contributed by atoms with van der Waals surface area (Å²) in [4.78, 5) is 0. The van der Waals surface area contributed by atoms with Crippen molar-refractivity contribution < 1.29 is 0 Å². The molecule has 4 nitrogen and oxygen atoms in total. The highest BCUT2D eigenvalue weighted by molar-refractivity contribution is 5.62. The Morgan fingerprint density at radius 2 is 1.56 bits per heavy atom. The molecule has 0 saturated heterocycles. The van der Waals surface area contributed by atoms with E-state index in [2.05, 4.69) is 9.78 Å². The fraction of sp³-hybridized carbons (Fsp3) is 0.786. The van der Waals surface area contributed by atoms with Gasteiger partial charge in [-0.15, -0.1) is 0 Å². The summed E-state index contributed by atoms with van der Waals surface area (Å²) in [6.45, 7) is 1.96. The van der Waals surface area contributed by atoms with E-state index in [1.807, 2.05) is 6.92 Å². The van der Waals surface area contributed by atoms with Crippen LogP contribution in [0.1, 0.15) is 44.2 Å². The smallest absolute Gasteiger partial charge is 0.145 e. The normalized spacial score (nSPS) is 41.5. The average Bonchev–Trinajstić information content (AvgIpc) is 2.56. The Balaban J connectivity index is 1.81. The summed E-state index contributed by atoms with van der Waals surface area (Å²) >= 11 is 0. The first kappa shape index (κ1) is 10.7. The number of hydrogen-bond donors (Lipinski definition) is 2. The van der Waals surface area contributed by atoms with E-state index in [1.54, 1.807) is 0 Å². The Labute approximate surface area is 108 Å². The number of nitrogens with zero attached hydrogens (tertiary/aromatic N) is 2. The predicted molar refractivity (Wildman–Crippen MR) is 71.9 cm³/mol. The average molecular weight is 246 g/mol. The van der Waals surface area contributed by atoms with Crippen LogP contribution in [0.25, 0.3) is 0 Å². The van der Waals surface area contributed by atoms with Crippen LogP contribution in [0.4, 0.5) is 11.5 Å². The first-order chi connectivity index (χ1) is 8.57. The first-order valence-electron chi connectivity index (χ1n) is 7.18. The zero-order valence-electron chi connectivity index (χ0n) is 11.0. The molecule has 0 unspecified atom stereocenters. The van der Waals surface area contributed by atoms with E-state index in [-0.39, 0.29) is 5.54 Å². The van der Waals surface area contributed by atoms with Gasteiger partial charge in [-0.05, 0) is 63.2 Å². The lowest BCUT2D eigenvalue weighted by atomic mass is 9.53. The largest absolute Gasteiger partial charge is 0.394 e. The molecule has 4 heteroatoms. The fourth-order valence-corrected chi connectivity index (χ4v) is 5.24. The third-order valence-corrected chi connectivity index (χ3v) is 5.60. The van der Waals surface area contributed by atoms with E-state index in [4.69, 9.17) is 11.5 Å². The number of hydrogen-bond acceptors (Lipinski definition) is 3. The van der Waals surface area contributed by atoms with Gasteiger partial charge < -0.3 is 11.5 Å². The molecule has 0 atom stereocenters. The Morgan fingerprint density at radius 1 is 1.06 bits per heavy atom. The molecule has 4 N–H and O–H groups in total. The topological polar surface area (TPSA) is 69.9 Å². The first-order valence-corrected chi connectivity index (χ1v) is 7.18. The monoisotopic (exact) mass is 246 g/mol. The molecular weight excluding hydrogens is 224 g/mol. The summed E-state index contributed by atoms with van der Waals surface area (Å²) in [7, 11) is 0. The van der Waals surface area contributed by atoms with Crippen LogP contribution in [-0.4, -0.2) is 9.78 Å². The van der Waals surface area contributed by atoms with Gasteiger partial charge >= 0.3 is 0 Å². The summed E-state index contributed by atoms with van der Waals surface area (Å²) in [6.07, 6.45) is 8.12. The number of nitrogen functional groups attached to an aromatic ring is 2. The standard InChI is InChI=1S/C14H22N4/c1-8-12(15)13(16)18(17-8)14-5-9-2-10(6-14)4-11(3-9)7-14/h9-11H,2-7,15-16H2,1H3. The van der Waals surface area contributed by atoms with E-state index in [0.29, 0.717) is 11.5 Å². The van der Waals surface area contributed by atoms with Crippen LogP contribution in [0.15, 0.2) is 0 Å². The molecule has 4 bridgehead atoms. The van der Waals surface area contributed by atoms with E-state index in [1.165, 1.54) is 38.5 Å². The minimum Gasteiger partial charge on any atom is -0.394 e. The molecule has 1 aromatic heterocycles. The van der Waals surface area contributed by atoms with E-state index < -0.39 is 0 Å². The maximum absolute atomic E-state index is 6.20. The summed E-state index contributed by atoms with van der Waals surface area (Å²) in [5, 5.41) is 4.67. The van der Waals surface area contributed by atoms with Gasteiger partial charge in [-0.1, -0.05) is 0 Å². The molecular formula is C14H22N4. The van der Waals surface area contributed by atoms with Crippen LogP contribution in [-0.2, 0) is 5.54 Å². The van der Waals surface area contributed by atoms with Gasteiger partial charge in [0.25, 0.3) is 0 Å². The van der Waals surface area contributed by atoms with Gasteiger partial charge in [0.2, 0.25) is 0 Å². The molecule has 1 heterocycles. The molecule has 98 valence electrons. The van der Waals surface area contributed by atoms with Gasteiger partial charge in [-0.25, -0.2) is 4.68 Å². The van der Waals surface area contributed by atoms with E-state index in [0.717, 1.165) is 23.4 Å². The SMILES string of the molecule is Cc1nn(C23CC4CC(CC(C4)C2)C3)c(N)c1N. The van der Waals surface area contributed by atoms with Crippen LogP contribution in [0.2, 0.25) is 0 Å². The number of aryl methyl sites for hydroxylation is 1. The van der Waals surface area contributed by atoms with Crippen LogP contribution in [0.5, 0.6) is 0 Å². The zero-order valence-corrected chi connectivity index (χ0v) is 11.0. The van der Waals surface area contributed by atoms with Crippen molar-refractivity contribution in [1.82, 2.24) is 9.78 Å². The zero-order chi connectivity index (χ0) is 12.5. The minimum atomic E-state index is 0.196. The summed E-state index contributed by atoms with van der Waals surface area (Å²) < 4.78 is 2.10. The minimum absolute atomic E-state index is 0.196. The van der Waals surface area contributed by atoms with Crippen LogP contribution in [0.3, 0.4) is 0 Å². The second-order valence-electron chi connectivity index (χ2n) is 6.94. The van der Waals surface area contributed by atoms with Crippen molar-refractivity contribution in [2.24, 2.45) is 17.8 Å². The number of aromatic nitrogens is 2. The van der Waals surface area contributed by atoms with Crippen LogP contribution >= 0.6 is 0 Å². The fourth-order valence-electron chi connectivity index (χ4n) is 5.24. The number of anilines is 2. The number of rotatable bonds is 1. The van der Waals surface area contributed by atoms with Gasteiger partial charge in [0.15, 0.2) is 0 Å². The molecule has 0 aromatic carbocycles. The second-order valence-corrected chi connectivity index (χ2v) is 6.94. The maximum atomic E-state index is 6.20. The van der Waals surface area contributed by atoms with Crippen LogP contribution in [0, 0.1) is 24.7 Å². The van der Waals surface area contributed by atoms with Crippen molar-refractivity contribution in [3.05, 3.63) is 5.69 Å². The van der Waals surface area contributed by atoms with E-state index >= 15 is 0 Å². The van der Waals surface area contributed by atoms with Crippen molar-refractivity contribution in [2.75, 3.05) is 11.5 Å². The molecule has 4 saturated carbocycles. The highest BCUT2D eigenvalue weighted by atomic mass is 15.4. The molecule has 0 aliphatic heterocycles. The van der Waals surface area contributed by atoms with Crippen molar-refractivity contribution in [3.8, 4) is 0 Å². The Hall–Kier alpha value is -1.19. The molecule has 18 heavy (non-hydrogen) atoms. The molecule has 4 fully saturated rings. The summed E-state index contributed by atoms with van der Waals surface area (Å²) in [5.41, 5.74) is 14.0. The maximum Gasteiger partial charge on any atom is 0.145 e. The van der Waals surface area contributed by atoms with E-state index in [9.17, 15) is 0 Å². The molecule has 5 rings (SSSR count). The van der Waals surface area contributed by atoms with Gasteiger partial charge in [0.05, 0.1) is 16.9 Å². The van der Waals surface area contributed by atoms with Crippen molar-refractivity contribution in [1.29, 1.82) is 0 Å². The molecule has 4 aliphatic carbocycles. The lowest BCUT2D eigenvalue weighted by Crippen LogP contribution is -2.52. The molecule has 1 aromatic rings. The molecule has 4 aliphatic rings. The van der Waals surface area contributed by atoms with Gasteiger partial charge in [0.1, 0.15) is 5.82 Å². The van der Waals surface area contributed by atoms with Crippen LogP contribution < -0.4 is 11.5 Å². The lowest BCUT2D eigenvalue weighted by molar-refractivity contribution is -0.0482. The van der Waals surface area contributed by atoms with Gasteiger partial charge in [0, 0.05) is 0 Å². The Kier molecular flexibility index (Phi) is 1.92. The lowest BCUT2D eigenvalue weighted by Gasteiger charge is -2.56. The third-order valence-electron chi connectivity index (χ3n) is 5.60. The highest BCUT2D eigenvalue weighted by Crippen LogP contribution is 2.59. The Morgan fingerprint density at radius 3 is 1.94 bits per heavy atom. The Bertz CT molecular complexity index is 467. The van der Waals surface area contributed by atoms with Gasteiger partial charge in [-0.2, -0.15) is 5.10 Å². The molecule has 0 radical (unpaired) electrons. The van der Waals surface area contributed by atoms with Gasteiger partial charge in [-0.3, -0.25) is 0 Å². The summed E-state index contributed by atoms with van der Waals surface area (Å²) in [5.74, 6) is 3.42. The molecule has 0 amide bonds. The van der Waals surface area contributed by atoms with Crippen molar-refractivity contribution in [2.45, 2.75) is 51.0 Å². The van der Waals surface area contributed by atoms with Crippen molar-refractivity contribution >= 4 is 11.5 Å².